The van der Waals surface area contributed by atoms with Crippen molar-refractivity contribution in [1.82, 2.24) is 10.2 Å². The Morgan fingerprint density at radius 1 is 1.36 bits per heavy atom. The molecule has 1 heterocycles. The van der Waals surface area contributed by atoms with E-state index < -0.39 is 6.04 Å². The summed E-state index contributed by atoms with van der Waals surface area (Å²) in [5, 5.41) is 3.56. The third kappa shape index (κ3) is 5.59. The topological polar surface area (TPSA) is 58.6 Å². The van der Waals surface area contributed by atoms with E-state index in [0.717, 1.165) is 0 Å². The van der Waals surface area contributed by atoms with Gasteiger partial charge in [-0.15, -0.1) is 0 Å². The van der Waals surface area contributed by atoms with E-state index in [1.165, 1.54) is 6.07 Å². The monoisotopic (exact) mass is 386 g/mol. The number of hydrogen-bond donors (Lipinski definition) is 1. The molecular weight excluding hydrogens is 363 g/mol. The molecular formula is C18H24Cl2N2O3. The molecule has 7 heteroatoms. The Morgan fingerprint density at radius 2 is 2.08 bits per heavy atom. The highest BCUT2D eigenvalue weighted by Gasteiger charge is 2.30. The third-order valence-corrected chi connectivity index (χ3v) is 4.59. The number of nitrogens with one attached hydrogen (secondary N) is 1. The number of nitrogens with zero attached hydrogens (tertiary/aromatic N) is 1. The normalized spacial score (nSPS) is 19.0. The molecule has 1 aromatic carbocycles. The van der Waals surface area contributed by atoms with Gasteiger partial charge in [0.1, 0.15) is 6.04 Å². The number of hydrogen-bond acceptors (Lipinski definition) is 3. The lowest BCUT2D eigenvalue weighted by Crippen LogP contribution is -2.53. The van der Waals surface area contributed by atoms with Crippen LogP contribution in [0, 0.1) is 5.92 Å². The highest BCUT2D eigenvalue weighted by Crippen LogP contribution is 2.21. The van der Waals surface area contributed by atoms with Crippen molar-refractivity contribution in [1.29, 1.82) is 0 Å². The standard InChI is InChI=1S/C18H24Cl2N2O3/c1-11(2)8-16(18(24)22-6-7-25-12(3)10-22)21-17(23)14-5-4-13(19)9-15(14)20/h4-5,9,11-12,16H,6-8,10H2,1-3H3,(H,21,23)/t12-,16-/m1/s1. The van der Waals surface area contributed by atoms with Gasteiger partial charge < -0.3 is 15.0 Å². The largest absolute Gasteiger partial charge is 0.375 e. The first kappa shape index (κ1) is 20.0. The predicted octanol–water partition coefficient (Wildman–Crippen LogP) is 3.39. The van der Waals surface area contributed by atoms with Crippen LogP contribution in [-0.2, 0) is 9.53 Å². The van der Waals surface area contributed by atoms with Gasteiger partial charge >= 0.3 is 0 Å². The molecule has 5 nitrogen and oxygen atoms in total. The van der Waals surface area contributed by atoms with Gasteiger partial charge in [0.25, 0.3) is 5.91 Å². The first-order chi connectivity index (χ1) is 11.8. The molecule has 1 fully saturated rings. The van der Waals surface area contributed by atoms with Crippen LogP contribution in [-0.4, -0.2) is 48.6 Å². The van der Waals surface area contributed by atoms with E-state index in [4.69, 9.17) is 27.9 Å². The Bertz CT molecular complexity index is 637. The molecule has 2 amide bonds. The van der Waals surface area contributed by atoms with E-state index in [1.807, 2.05) is 20.8 Å². The van der Waals surface area contributed by atoms with Crippen molar-refractivity contribution in [2.45, 2.75) is 39.3 Å². The fraction of sp³-hybridized carbons (Fsp3) is 0.556. The summed E-state index contributed by atoms with van der Waals surface area (Å²) in [5.41, 5.74) is 0.308. The highest BCUT2D eigenvalue weighted by atomic mass is 35.5. The molecule has 138 valence electrons. The zero-order chi connectivity index (χ0) is 18.6. The highest BCUT2D eigenvalue weighted by molar-refractivity contribution is 6.36. The number of rotatable bonds is 5. The van der Waals surface area contributed by atoms with E-state index in [0.29, 0.717) is 36.7 Å². The van der Waals surface area contributed by atoms with E-state index in [9.17, 15) is 9.59 Å². The molecule has 0 unspecified atom stereocenters. The molecule has 2 rings (SSSR count). The number of halogens is 2. The molecule has 1 N–H and O–H groups in total. The molecule has 1 aliphatic heterocycles. The number of morpholine rings is 1. The van der Waals surface area contributed by atoms with E-state index in [-0.39, 0.29) is 28.9 Å². The molecule has 0 spiro atoms. The summed E-state index contributed by atoms with van der Waals surface area (Å²) in [4.78, 5) is 27.2. The summed E-state index contributed by atoms with van der Waals surface area (Å²) in [7, 11) is 0. The summed E-state index contributed by atoms with van der Waals surface area (Å²) >= 11 is 12.0. The van der Waals surface area contributed by atoms with Crippen LogP contribution >= 0.6 is 23.2 Å². The van der Waals surface area contributed by atoms with E-state index in [1.54, 1.807) is 17.0 Å². The quantitative estimate of drug-likeness (QED) is 0.843. The summed E-state index contributed by atoms with van der Waals surface area (Å²) in [6.45, 7) is 7.55. The van der Waals surface area contributed by atoms with Gasteiger partial charge in [0, 0.05) is 18.1 Å². The molecule has 0 aliphatic carbocycles. The minimum atomic E-state index is -0.593. The van der Waals surface area contributed by atoms with Crippen LogP contribution in [0.15, 0.2) is 18.2 Å². The third-order valence-electron chi connectivity index (χ3n) is 4.04. The van der Waals surface area contributed by atoms with Crippen molar-refractivity contribution in [3.63, 3.8) is 0 Å². The lowest BCUT2D eigenvalue weighted by molar-refractivity contribution is -0.140. The van der Waals surface area contributed by atoms with Crippen LogP contribution in [0.25, 0.3) is 0 Å². The van der Waals surface area contributed by atoms with Gasteiger partial charge in [-0.05, 0) is 37.5 Å². The average Bonchev–Trinajstić information content (AvgIpc) is 2.53. The number of carbonyl (C=O) groups excluding carboxylic acids is 2. The Labute approximate surface area is 158 Å². The molecule has 0 saturated carbocycles. The Hall–Kier alpha value is -1.30. The molecule has 1 aliphatic rings. The summed E-state index contributed by atoms with van der Waals surface area (Å²) in [6, 6.07) is 4.09. The van der Waals surface area contributed by atoms with E-state index >= 15 is 0 Å². The second kappa shape index (κ2) is 8.88. The first-order valence-electron chi connectivity index (χ1n) is 8.44. The average molecular weight is 387 g/mol. The van der Waals surface area contributed by atoms with Crippen LogP contribution in [0.3, 0.4) is 0 Å². The molecule has 0 radical (unpaired) electrons. The van der Waals surface area contributed by atoms with Gasteiger partial charge in [-0.2, -0.15) is 0 Å². The smallest absolute Gasteiger partial charge is 0.253 e. The lowest BCUT2D eigenvalue weighted by Gasteiger charge is -2.34. The van der Waals surface area contributed by atoms with Gasteiger partial charge in [-0.25, -0.2) is 0 Å². The van der Waals surface area contributed by atoms with Crippen LogP contribution in [0.1, 0.15) is 37.6 Å². The van der Waals surface area contributed by atoms with Crippen LogP contribution in [0.2, 0.25) is 10.0 Å². The zero-order valence-corrected chi connectivity index (χ0v) is 16.2. The molecule has 1 saturated heterocycles. The van der Waals surface area contributed by atoms with Crippen molar-refractivity contribution in [2.75, 3.05) is 19.7 Å². The van der Waals surface area contributed by atoms with Crippen molar-refractivity contribution in [3.05, 3.63) is 33.8 Å². The Balaban J connectivity index is 2.13. The molecule has 2 atom stereocenters. The van der Waals surface area contributed by atoms with Gasteiger partial charge in [0.2, 0.25) is 5.91 Å². The second-order valence-corrected chi connectivity index (χ2v) is 7.59. The van der Waals surface area contributed by atoms with Gasteiger partial charge in [-0.1, -0.05) is 37.0 Å². The van der Waals surface area contributed by atoms with Crippen molar-refractivity contribution in [3.8, 4) is 0 Å². The number of ether oxygens (including phenoxy) is 1. The molecule has 25 heavy (non-hydrogen) atoms. The minimum absolute atomic E-state index is 0.00110. The summed E-state index contributed by atoms with van der Waals surface area (Å²) < 4.78 is 5.49. The SMILES string of the molecule is CC(C)C[C@@H](NC(=O)c1ccc(Cl)cc1Cl)C(=O)N1CCO[C@H](C)C1. The van der Waals surface area contributed by atoms with Gasteiger partial charge in [-0.3, -0.25) is 9.59 Å². The fourth-order valence-electron chi connectivity index (χ4n) is 2.84. The second-order valence-electron chi connectivity index (χ2n) is 6.75. The fourth-order valence-corrected chi connectivity index (χ4v) is 3.34. The zero-order valence-electron chi connectivity index (χ0n) is 14.7. The minimum Gasteiger partial charge on any atom is -0.375 e. The van der Waals surface area contributed by atoms with Crippen LogP contribution < -0.4 is 5.32 Å². The maximum absolute atomic E-state index is 12.9. The Kier molecular flexibility index (Phi) is 7.11. The molecule has 0 bridgehead atoms. The first-order valence-corrected chi connectivity index (χ1v) is 9.19. The maximum atomic E-state index is 12.9. The number of benzene rings is 1. The Morgan fingerprint density at radius 3 is 2.68 bits per heavy atom. The molecule has 1 aromatic rings. The van der Waals surface area contributed by atoms with Crippen LogP contribution in [0.4, 0.5) is 0 Å². The summed E-state index contributed by atoms with van der Waals surface area (Å²) in [5.74, 6) is -0.197. The van der Waals surface area contributed by atoms with Gasteiger partial charge in [0.05, 0.1) is 23.3 Å². The predicted molar refractivity (Wildman–Crippen MR) is 99.2 cm³/mol. The molecule has 0 aromatic heterocycles. The lowest BCUT2D eigenvalue weighted by atomic mass is 10.0. The van der Waals surface area contributed by atoms with Crippen molar-refractivity contribution >= 4 is 35.0 Å². The van der Waals surface area contributed by atoms with Gasteiger partial charge in [0.15, 0.2) is 0 Å². The number of carbonyl (C=O) groups is 2. The van der Waals surface area contributed by atoms with Crippen molar-refractivity contribution in [2.24, 2.45) is 5.92 Å². The summed E-state index contributed by atoms with van der Waals surface area (Å²) in [6.07, 6.45) is 0.556. The van der Waals surface area contributed by atoms with Crippen LogP contribution in [0.5, 0.6) is 0 Å². The van der Waals surface area contributed by atoms with Crippen molar-refractivity contribution < 1.29 is 14.3 Å². The van der Waals surface area contributed by atoms with E-state index in [2.05, 4.69) is 5.32 Å². The maximum Gasteiger partial charge on any atom is 0.253 e. The number of amides is 2.